The molecule has 0 bridgehead atoms. The molecule has 2 heteroatoms. The fourth-order valence-corrected chi connectivity index (χ4v) is 2.91. The highest BCUT2D eigenvalue weighted by Gasteiger charge is 2.28. The molecule has 96 valence electrons. The van der Waals surface area contributed by atoms with Crippen molar-refractivity contribution in [2.24, 2.45) is 5.92 Å². The van der Waals surface area contributed by atoms with Crippen LogP contribution in [0.3, 0.4) is 0 Å². The minimum absolute atomic E-state index is 0.726. The molecule has 2 nitrogen and oxygen atoms in total. The molecule has 0 amide bonds. The van der Waals surface area contributed by atoms with Crippen LogP contribution in [0.25, 0.3) is 0 Å². The predicted molar refractivity (Wildman–Crippen MR) is 71.8 cm³/mol. The van der Waals surface area contributed by atoms with Gasteiger partial charge in [0.25, 0.3) is 0 Å². The number of hydrogen-bond donors (Lipinski definition) is 1. The van der Waals surface area contributed by atoms with E-state index in [-0.39, 0.29) is 0 Å². The molecular weight excluding hydrogens is 196 g/mol. The topological polar surface area (TPSA) is 15.3 Å². The van der Waals surface area contributed by atoms with Gasteiger partial charge in [-0.3, -0.25) is 4.90 Å². The first-order valence-corrected chi connectivity index (χ1v) is 7.18. The number of hydrogen-bond acceptors (Lipinski definition) is 2. The highest BCUT2D eigenvalue weighted by atomic mass is 15.2. The fourth-order valence-electron chi connectivity index (χ4n) is 2.91. The molecule has 1 aliphatic rings. The van der Waals surface area contributed by atoms with E-state index in [4.69, 9.17) is 0 Å². The Morgan fingerprint density at radius 2 is 2.00 bits per heavy atom. The normalized spacial score (nSPS) is 29.2. The lowest BCUT2D eigenvalue weighted by atomic mass is 9.89. The largest absolute Gasteiger partial charge is 0.313 e. The average Bonchev–Trinajstić information content (AvgIpc) is 2.28. The molecule has 0 aromatic heterocycles. The smallest absolute Gasteiger partial charge is 0.0198 e. The minimum Gasteiger partial charge on any atom is -0.313 e. The van der Waals surface area contributed by atoms with Crippen LogP contribution in [0.5, 0.6) is 0 Å². The summed E-state index contributed by atoms with van der Waals surface area (Å²) in [5.41, 5.74) is 0. The molecule has 1 rings (SSSR count). The van der Waals surface area contributed by atoms with Gasteiger partial charge in [0.1, 0.15) is 0 Å². The summed E-state index contributed by atoms with van der Waals surface area (Å²) in [6.45, 7) is 12.9. The van der Waals surface area contributed by atoms with Crippen LogP contribution in [-0.4, -0.2) is 36.6 Å². The first kappa shape index (κ1) is 14.0. The van der Waals surface area contributed by atoms with Gasteiger partial charge in [-0.15, -0.1) is 0 Å². The maximum atomic E-state index is 3.64. The molecule has 0 aromatic carbocycles. The molecule has 1 saturated heterocycles. The summed E-state index contributed by atoms with van der Waals surface area (Å²) in [7, 11) is 0. The van der Waals surface area contributed by atoms with Crippen molar-refractivity contribution in [2.45, 2.75) is 65.5 Å². The summed E-state index contributed by atoms with van der Waals surface area (Å²) >= 11 is 0. The quantitative estimate of drug-likeness (QED) is 0.749. The first-order chi connectivity index (χ1) is 7.71. The van der Waals surface area contributed by atoms with E-state index in [9.17, 15) is 0 Å². The monoisotopic (exact) mass is 226 g/mol. The van der Waals surface area contributed by atoms with Crippen molar-refractivity contribution < 1.29 is 0 Å². The van der Waals surface area contributed by atoms with Gasteiger partial charge >= 0.3 is 0 Å². The van der Waals surface area contributed by atoms with E-state index >= 15 is 0 Å². The number of likely N-dealkylation sites (tertiary alicyclic amines) is 1. The third-order valence-electron chi connectivity index (χ3n) is 3.97. The van der Waals surface area contributed by atoms with Gasteiger partial charge in [0.15, 0.2) is 0 Å². The van der Waals surface area contributed by atoms with E-state index in [0.29, 0.717) is 0 Å². The van der Waals surface area contributed by atoms with E-state index in [1.807, 2.05) is 0 Å². The van der Waals surface area contributed by atoms with Crippen LogP contribution in [-0.2, 0) is 0 Å². The zero-order valence-electron chi connectivity index (χ0n) is 11.6. The lowest BCUT2D eigenvalue weighted by Gasteiger charge is -2.41. The third-order valence-corrected chi connectivity index (χ3v) is 3.97. The maximum Gasteiger partial charge on any atom is 0.0198 e. The molecular formula is C14H30N2. The summed E-state index contributed by atoms with van der Waals surface area (Å²) in [6.07, 6.45) is 5.39. The highest BCUT2D eigenvalue weighted by Crippen LogP contribution is 2.23. The van der Waals surface area contributed by atoms with Crippen molar-refractivity contribution in [2.75, 3.05) is 19.6 Å². The Kier molecular flexibility index (Phi) is 6.37. The SMILES string of the molecule is CCCC1CC(NCC)CN(C(C)CC)C1. The third kappa shape index (κ3) is 4.06. The number of nitrogens with one attached hydrogen (secondary N) is 1. The molecule has 3 atom stereocenters. The first-order valence-electron chi connectivity index (χ1n) is 7.18. The zero-order valence-corrected chi connectivity index (χ0v) is 11.6. The molecule has 3 unspecified atom stereocenters. The van der Waals surface area contributed by atoms with Crippen LogP contribution >= 0.6 is 0 Å². The Bertz CT molecular complexity index is 168. The molecule has 0 saturated carbocycles. The van der Waals surface area contributed by atoms with Crippen LogP contribution in [0.2, 0.25) is 0 Å². The second kappa shape index (κ2) is 7.29. The Morgan fingerprint density at radius 1 is 1.25 bits per heavy atom. The second-order valence-corrected chi connectivity index (χ2v) is 5.36. The summed E-state index contributed by atoms with van der Waals surface area (Å²) < 4.78 is 0. The van der Waals surface area contributed by atoms with Crippen molar-refractivity contribution in [1.29, 1.82) is 0 Å². The van der Waals surface area contributed by atoms with E-state index in [2.05, 4.69) is 37.9 Å². The molecule has 0 aromatic rings. The van der Waals surface area contributed by atoms with Crippen LogP contribution < -0.4 is 5.32 Å². The fraction of sp³-hybridized carbons (Fsp3) is 1.00. The van der Waals surface area contributed by atoms with Crippen LogP contribution in [0.1, 0.15) is 53.4 Å². The van der Waals surface area contributed by atoms with E-state index in [1.54, 1.807) is 0 Å². The van der Waals surface area contributed by atoms with Gasteiger partial charge < -0.3 is 5.32 Å². The van der Waals surface area contributed by atoms with Gasteiger partial charge in [-0.25, -0.2) is 0 Å². The lowest BCUT2D eigenvalue weighted by Crippen LogP contribution is -2.51. The summed E-state index contributed by atoms with van der Waals surface area (Å²) in [4.78, 5) is 2.69. The molecule has 0 aliphatic carbocycles. The molecule has 0 radical (unpaired) electrons. The zero-order chi connectivity index (χ0) is 12.0. The second-order valence-electron chi connectivity index (χ2n) is 5.36. The van der Waals surface area contributed by atoms with Crippen molar-refractivity contribution in [3.8, 4) is 0 Å². The van der Waals surface area contributed by atoms with Gasteiger partial charge in [-0.2, -0.15) is 0 Å². The highest BCUT2D eigenvalue weighted by molar-refractivity contribution is 4.85. The Balaban J connectivity index is 2.51. The van der Waals surface area contributed by atoms with Gasteiger partial charge in [0.2, 0.25) is 0 Å². The maximum absolute atomic E-state index is 3.64. The van der Waals surface area contributed by atoms with Gasteiger partial charge in [0, 0.05) is 25.2 Å². The Hall–Kier alpha value is -0.0800. The van der Waals surface area contributed by atoms with Gasteiger partial charge in [0.05, 0.1) is 0 Å². The van der Waals surface area contributed by atoms with Crippen molar-refractivity contribution >= 4 is 0 Å². The molecule has 0 spiro atoms. The Morgan fingerprint density at radius 3 is 2.56 bits per heavy atom. The predicted octanol–water partition coefficient (Wildman–Crippen LogP) is 2.89. The van der Waals surface area contributed by atoms with Gasteiger partial charge in [-0.1, -0.05) is 27.2 Å². The summed E-state index contributed by atoms with van der Waals surface area (Å²) in [5.74, 6) is 0.914. The number of piperidine rings is 1. The molecule has 1 aliphatic heterocycles. The molecule has 16 heavy (non-hydrogen) atoms. The number of likely N-dealkylation sites (N-methyl/N-ethyl adjacent to an activating group) is 1. The standard InChI is InChI=1S/C14H30N2/c1-5-8-13-9-14(15-7-3)11-16(10-13)12(4)6-2/h12-15H,5-11H2,1-4H3. The van der Waals surface area contributed by atoms with Crippen molar-refractivity contribution in [3.63, 3.8) is 0 Å². The molecule has 1 heterocycles. The van der Waals surface area contributed by atoms with E-state index in [1.165, 1.54) is 38.8 Å². The average molecular weight is 226 g/mol. The van der Waals surface area contributed by atoms with E-state index in [0.717, 1.165) is 24.5 Å². The van der Waals surface area contributed by atoms with Crippen LogP contribution in [0, 0.1) is 5.92 Å². The molecule has 1 fully saturated rings. The summed E-state index contributed by atoms with van der Waals surface area (Å²) in [5, 5.41) is 3.64. The lowest BCUT2D eigenvalue weighted by molar-refractivity contribution is 0.0988. The number of nitrogens with zero attached hydrogens (tertiary/aromatic N) is 1. The molecule has 1 N–H and O–H groups in total. The van der Waals surface area contributed by atoms with Gasteiger partial charge in [-0.05, 0) is 38.6 Å². The van der Waals surface area contributed by atoms with Crippen molar-refractivity contribution in [1.82, 2.24) is 10.2 Å². The number of rotatable bonds is 6. The van der Waals surface area contributed by atoms with Crippen molar-refractivity contribution in [3.05, 3.63) is 0 Å². The summed E-state index contributed by atoms with van der Waals surface area (Å²) in [6, 6.07) is 1.48. The van der Waals surface area contributed by atoms with Crippen LogP contribution in [0.15, 0.2) is 0 Å². The minimum atomic E-state index is 0.726. The van der Waals surface area contributed by atoms with Crippen LogP contribution in [0.4, 0.5) is 0 Å². The Labute approximate surface area is 102 Å². The van der Waals surface area contributed by atoms with E-state index < -0.39 is 0 Å².